The molecule has 0 aliphatic carbocycles. The quantitative estimate of drug-likeness (QED) is 0.142. The van der Waals surface area contributed by atoms with Crippen molar-refractivity contribution in [2.45, 2.75) is 124 Å². The number of aliphatic carboxylic acids is 1. The highest BCUT2D eigenvalue weighted by Crippen LogP contribution is 2.32. The largest absolute Gasteiger partial charge is 0.481 e. The van der Waals surface area contributed by atoms with E-state index in [2.05, 4.69) is 0 Å². The van der Waals surface area contributed by atoms with Gasteiger partial charge in [-0.25, -0.2) is 0 Å². The van der Waals surface area contributed by atoms with E-state index in [1.165, 1.54) is 7.11 Å². The van der Waals surface area contributed by atoms with E-state index >= 15 is 0 Å². The van der Waals surface area contributed by atoms with Gasteiger partial charge in [-0.2, -0.15) is 0 Å². The zero-order valence-corrected chi connectivity index (χ0v) is 35.0. The van der Waals surface area contributed by atoms with Gasteiger partial charge < -0.3 is 30.1 Å². The number of likely N-dealkylation sites (N-methyl/N-ethyl adjacent to an activating group) is 2. The molecule has 0 unspecified atom stereocenters. The first-order valence-corrected chi connectivity index (χ1v) is 19.7. The number of nitrogens with zero attached hydrogens (tertiary/aromatic N) is 3. The Balaban J connectivity index is 2.27. The Labute approximate surface area is 324 Å². The molecule has 12 heteroatoms. The maximum absolute atomic E-state index is 14.3. The Morgan fingerprint density at radius 1 is 0.889 bits per heavy atom. The smallest absolute Gasteiger partial charge is 0.307 e. The monoisotopic (exact) mass is 759 g/mol. The number of carbonyl (C=O) groups is 5. The van der Waals surface area contributed by atoms with Crippen LogP contribution in [0.1, 0.15) is 92.6 Å². The molecule has 1 aliphatic rings. The SMILES string of the molecule is CC[C@H](C)[C@@H]([C@@H](CC(=O)N1CCC[C@H]1[C@H](OC)[C@@H](C)C(=O)C[C@@H](Cc1ccc(N)cc1)C(=O)O)OC)N(C)C(=O)[C@@H](CC(=O)[C@H](C(C)C)N(C)C)C(C)C. The fraction of sp³-hybridized carbons (Fsp3) is 0.738. The van der Waals surface area contributed by atoms with Gasteiger partial charge in [0, 0.05) is 58.2 Å². The lowest BCUT2D eigenvalue weighted by Gasteiger charge is -2.41. The van der Waals surface area contributed by atoms with E-state index in [1.807, 2.05) is 60.5 Å². The molecule has 0 aromatic heterocycles. The van der Waals surface area contributed by atoms with Crippen molar-refractivity contribution in [1.82, 2.24) is 14.7 Å². The number of carboxylic acids is 1. The number of carbonyl (C=O) groups excluding carboxylic acids is 4. The minimum atomic E-state index is -1.05. The van der Waals surface area contributed by atoms with E-state index in [0.29, 0.717) is 18.7 Å². The Hall–Kier alpha value is -3.35. The average molecular weight is 759 g/mol. The van der Waals surface area contributed by atoms with Crippen LogP contribution in [0, 0.1) is 35.5 Å². The van der Waals surface area contributed by atoms with E-state index in [4.69, 9.17) is 15.2 Å². The number of anilines is 1. The second kappa shape index (κ2) is 21.7. The van der Waals surface area contributed by atoms with E-state index < -0.39 is 42.0 Å². The number of rotatable bonds is 23. The normalized spacial score (nSPS) is 19.2. The molecule has 0 spiro atoms. The van der Waals surface area contributed by atoms with Crippen molar-refractivity contribution in [2.75, 3.05) is 47.6 Å². The summed E-state index contributed by atoms with van der Waals surface area (Å²) in [7, 11) is 8.61. The maximum Gasteiger partial charge on any atom is 0.307 e. The molecular formula is C42H70N4O8. The van der Waals surface area contributed by atoms with Crippen LogP contribution in [-0.2, 0) is 39.9 Å². The molecule has 54 heavy (non-hydrogen) atoms. The molecule has 1 aliphatic heterocycles. The first-order chi connectivity index (χ1) is 25.3. The van der Waals surface area contributed by atoms with Crippen molar-refractivity contribution < 1.29 is 38.6 Å². The lowest BCUT2D eigenvalue weighted by Crippen LogP contribution is -2.54. The van der Waals surface area contributed by atoms with Gasteiger partial charge in [0.1, 0.15) is 5.78 Å². The highest BCUT2D eigenvalue weighted by atomic mass is 16.5. The second-order valence-corrected chi connectivity index (χ2v) is 16.4. The minimum absolute atomic E-state index is 0.0143. The molecule has 12 nitrogen and oxygen atoms in total. The summed E-state index contributed by atoms with van der Waals surface area (Å²) in [4.78, 5) is 73.2. The van der Waals surface area contributed by atoms with Gasteiger partial charge in [0.2, 0.25) is 11.8 Å². The molecule has 2 rings (SSSR count). The molecule has 0 bridgehead atoms. The van der Waals surface area contributed by atoms with Crippen molar-refractivity contribution >= 4 is 35.0 Å². The number of nitrogen functional groups attached to an aromatic ring is 1. The molecule has 2 amide bonds. The van der Waals surface area contributed by atoms with Crippen molar-refractivity contribution in [2.24, 2.45) is 35.5 Å². The summed E-state index contributed by atoms with van der Waals surface area (Å²) < 4.78 is 11.9. The van der Waals surface area contributed by atoms with Crippen molar-refractivity contribution in [3.63, 3.8) is 0 Å². The number of hydrogen-bond acceptors (Lipinski definition) is 9. The fourth-order valence-corrected chi connectivity index (χ4v) is 8.42. The summed E-state index contributed by atoms with van der Waals surface area (Å²) in [5.41, 5.74) is 7.14. The zero-order chi connectivity index (χ0) is 41.0. The number of amides is 2. The standard InChI is InChI=1S/C42H70N4O8/c1-13-27(6)39(45(10)41(50)32(25(2)3)23-35(48)38(26(4)5)44(8)9)36(53-11)24-37(49)46-20-14-15-33(46)40(54-12)28(7)34(47)22-30(42(51)52)21-29-16-18-31(43)19-17-29/h16-19,25-28,30,32-33,36,38-40H,13-15,20-24,43H2,1-12H3,(H,51,52)/t27-,28-,30+,32-,33-,36+,38-,39-,40+/m0/s1. The van der Waals surface area contributed by atoms with Gasteiger partial charge in [0.15, 0.2) is 5.78 Å². The number of nitrogens with two attached hydrogens (primary N) is 1. The third-order valence-corrected chi connectivity index (χ3v) is 11.7. The van der Waals surface area contributed by atoms with Gasteiger partial charge in [-0.05, 0) is 68.8 Å². The summed E-state index contributed by atoms with van der Waals surface area (Å²) >= 11 is 0. The molecule has 306 valence electrons. The number of Topliss-reactive ketones (excluding diaryl/α,β-unsaturated/α-hetero) is 2. The van der Waals surface area contributed by atoms with Gasteiger partial charge in [-0.15, -0.1) is 0 Å². The predicted octanol–water partition coefficient (Wildman–Crippen LogP) is 5.21. The molecule has 1 saturated heterocycles. The lowest BCUT2D eigenvalue weighted by molar-refractivity contribution is -0.149. The third-order valence-electron chi connectivity index (χ3n) is 11.7. The Kier molecular flexibility index (Phi) is 18.8. The van der Waals surface area contributed by atoms with Crippen LogP contribution in [0.2, 0.25) is 0 Å². The first kappa shape index (κ1) is 46.8. The summed E-state index contributed by atoms with van der Waals surface area (Å²) in [6.45, 7) is 14.3. The number of carboxylic acid groups (broad SMARTS) is 1. The second-order valence-electron chi connectivity index (χ2n) is 16.4. The Morgan fingerprint density at radius 2 is 1.50 bits per heavy atom. The molecule has 0 radical (unpaired) electrons. The van der Waals surface area contributed by atoms with Gasteiger partial charge in [-0.1, -0.05) is 67.0 Å². The van der Waals surface area contributed by atoms with E-state index in [0.717, 1.165) is 18.4 Å². The van der Waals surface area contributed by atoms with E-state index in [1.54, 1.807) is 55.1 Å². The molecule has 1 fully saturated rings. The third kappa shape index (κ3) is 12.3. The van der Waals surface area contributed by atoms with Crippen LogP contribution < -0.4 is 5.73 Å². The number of likely N-dealkylation sites (tertiary alicyclic amines) is 1. The number of ketones is 2. The summed E-state index contributed by atoms with van der Waals surface area (Å²) in [5.74, 6) is -3.65. The summed E-state index contributed by atoms with van der Waals surface area (Å²) in [6, 6.07) is 5.84. The fourth-order valence-electron chi connectivity index (χ4n) is 8.42. The zero-order valence-electron chi connectivity index (χ0n) is 35.0. The van der Waals surface area contributed by atoms with Crippen LogP contribution in [0.4, 0.5) is 5.69 Å². The number of ether oxygens (including phenoxy) is 2. The highest BCUT2D eigenvalue weighted by molar-refractivity contribution is 5.90. The van der Waals surface area contributed by atoms with Crippen LogP contribution in [0.3, 0.4) is 0 Å². The lowest BCUT2D eigenvalue weighted by atomic mass is 9.83. The van der Waals surface area contributed by atoms with Gasteiger partial charge in [0.05, 0.1) is 42.7 Å². The molecule has 1 heterocycles. The molecular weight excluding hydrogens is 688 g/mol. The average Bonchev–Trinajstić information content (AvgIpc) is 3.59. The first-order valence-electron chi connectivity index (χ1n) is 19.7. The van der Waals surface area contributed by atoms with Crippen LogP contribution in [0.25, 0.3) is 0 Å². The number of benzene rings is 1. The molecule has 3 N–H and O–H groups in total. The Morgan fingerprint density at radius 3 is 1.98 bits per heavy atom. The van der Waals surface area contributed by atoms with Gasteiger partial charge in [-0.3, -0.25) is 28.9 Å². The Bertz CT molecular complexity index is 1370. The van der Waals surface area contributed by atoms with Crippen molar-refractivity contribution in [1.29, 1.82) is 0 Å². The van der Waals surface area contributed by atoms with Crippen LogP contribution in [0.5, 0.6) is 0 Å². The minimum Gasteiger partial charge on any atom is -0.481 e. The summed E-state index contributed by atoms with van der Waals surface area (Å²) in [6.07, 6.45) is 1.02. The van der Waals surface area contributed by atoms with Crippen LogP contribution in [-0.4, -0.2) is 121 Å². The van der Waals surface area contributed by atoms with E-state index in [9.17, 15) is 29.1 Å². The molecule has 9 atom stereocenters. The van der Waals surface area contributed by atoms with Gasteiger partial charge in [0.25, 0.3) is 0 Å². The number of methoxy groups -OCH3 is 2. The van der Waals surface area contributed by atoms with Crippen LogP contribution in [0.15, 0.2) is 24.3 Å². The summed E-state index contributed by atoms with van der Waals surface area (Å²) in [5, 5.41) is 9.97. The highest BCUT2D eigenvalue weighted by Gasteiger charge is 2.43. The molecule has 1 aromatic rings. The maximum atomic E-state index is 14.3. The van der Waals surface area contributed by atoms with Crippen LogP contribution >= 0.6 is 0 Å². The van der Waals surface area contributed by atoms with Gasteiger partial charge >= 0.3 is 5.97 Å². The number of hydrogen-bond donors (Lipinski definition) is 2. The van der Waals surface area contributed by atoms with Crippen molar-refractivity contribution in [3.8, 4) is 0 Å². The molecule has 0 saturated carbocycles. The molecule has 1 aromatic carbocycles. The predicted molar refractivity (Wildman–Crippen MR) is 212 cm³/mol. The van der Waals surface area contributed by atoms with Crippen molar-refractivity contribution in [3.05, 3.63) is 29.8 Å². The van der Waals surface area contributed by atoms with E-state index in [-0.39, 0.29) is 78.9 Å². The topological polar surface area (TPSA) is 160 Å².